The fourth-order valence-electron chi connectivity index (χ4n) is 4.78. The van der Waals surface area contributed by atoms with Gasteiger partial charge in [0, 0.05) is 18.7 Å². The standard InChI is InChI=1S/C26H34N2O6/c1-16-23(15-32-26(31)28(3)17(2)18-6-4-7-18)24(34-27-16)19-10-12-21(13-11-19)33-22-9-5-8-20(14-22)25(29)30/h10-13,17-18,20,22H,4-9,14-15H2,1-3H3,(H,29,30)/t17?,20-,22-/m1/s1. The number of benzene rings is 1. The molecule has 4 rings (SSSR count). The zero-order chi connectivity index (χ0) is 24.2. The van der Waals surface area contributed by atoms with Crippen molar-refractivity contribution in [1.29, 1.82) is 0 Å². The molecule has 1 N–H and O–H groups in total. The Morgan fingerprint density at radius 2 is 1.88 bits per heavy atom. The number of hydrogen-bond acceptors (Lipinski definition) is 6. The number of carboxylic acid groups (broad SMARTS) is 1. The number of aliphatic carboxylic acids is 1. The highest BCUT2D eigenvalue weighted by Crippen LogP contribution is 2.33. The van der Waals surface area contributed by atoms with Gasteiger partial charge in [0.15, 0.2) is 5.76 Å². The molecular weight excluding hydrogens is 436 g/mol. The van der Waals surface area contributed by atoms with Crippen molar-refractivity contribution in [2.24, 2.45) is 11.8 Å². The van der Waals surface area contributed by atoms with E-state index in [0.717, 1.165) is 36.8 Å². The minimum Gasteiger partial charge on any atom is -0.490 e. The van der Waals surface area contributed by atoms with Crippen LogP contribution in [-0.4, -0.2) is 46.4 Å². The Morgan fingerprint density at radius 1 is 1.18 bits per heavy atom. The molecule has 0 radical (unpaired) electrons. The van der Waals surface area contributed by atoms with Gasteiger partial charge < -0.3 is 24.0 Å². The van der Waals surface area contributed by atoms with Gasteiger partial charge in [0.2, 0.25) is 0 Å². The Bertz CT molecular complexity index is 997. The third-order valence-electron chi connectivity index (χ3n) is 7.45. The lowest BCUT2D eigenvalue weighted by Crippen LogP contribution is -2.42. The summed E-state index contributed by atoms with van der Waals surface area (Å²) in [6.45, 7) is 3.98. The lowest BCUT2D eigenvalue weighted by atomic mass is 9.80. The Morgan fingerprint density at radius 3 is 2.53 bits per heavy atom. The van der Waals surface area contributed by atoms with Gasteiger partial charge in [-0.2, -0.15) is 0 Å². The molecule has 0 bridgehead atoms. The smallest absolute Gasteiger partial charge is 0.410 e. The van der Waals surface area contributed by atoms with Gasteiger partial charge in [-0.25, -0.2) is 4.79 Å². The lowest BCUT2D eigenvalue weighted by Gasteiger charge is -2.36. The molecule has 1 aromatic heterocycles. The average Bonchev–Trinajstić information content (AvgIpc) is 3.16. The Hall–Kier alpha value is -3.03. The average molecular weight is 471 g/mol. The van der Waals surface area contributed by atoms with Gasteiger partial charge in [0.25, 0.3) is 0 Å². The summed E-state index contributed by atoms with van der Waals surface area (Å²) in [6, 6.07) is 7.61. The first-order valence-electron chi connectivity index (χ1n) is 12.2. The molecule has 2 saturated carbocycles. The number of aryl methyl sites for hydroxylation is 1. The minimum atomic E-state index is -0.749. The first-order valence-corrected chi connectivity index (χ1v) is 12.2. The molecule has 1 aromatic carbocycles. The molecule has 8 nitrogen and oxygen atoms in total. The van der Waals surface area contributed by atoms with Crippen LogP contribution in [0, 0.1) is 18.8 Å². The van der Waals surface area contributed by atoms with E-state index in [0.29, 0.717) is 36.0 Å². The van der Waals surface area contributed by atoms with E-state index in [9.17, 15) is 14.7 Å². The zero-order valence-electron chi connectivity index (χ0n) is 20.2. The Kier molecular flexibility index (Phi) is 7.44. The molecule has 0 aliphatic heterocycles. The van der Waals surface area contributed by atoms with E-state index < -0.39 is 5.97 Å². The SMILES string of the molecule is Cc1noc(-c2ccc(O[C@@H]3CCC[C@@H](C(=O)O)C3)cc2)c1COC(=O)N(C)C(C)C1CCC1. The van der Waals surface area contributed by atoms with Crippen molar-refractivity contribution >= 4 is 12.1 Å². The second-order valence-electron chi connectivity index (χ2n) is 9.64. The summed E-state index contributed by atoms with van der Waals surface area (Å²) in [5.41, 5.74) is 2.23. The van der Waals surface area contributed by atoms with E-state index in [1.54, 1.807) is 11.9 Å². The van der Waals surface area contributed by atoms with Gasteiger partial charge in [-0.1, -0.05) is 11.6 Å². The van der Waals surface area contributed by atoms with Gasteiger partial charge in [-0.15, -0.1) is 0 Å². The second kappa shape index (κ2) is 10.5. The molecule has 2 aliphatic carbocycles. The predicted molar refractivity (Wildman–Crippen MR) is 125 cm³/mol. The van der Waals surface area contributed by atoms with Gasteiger partial charge in [-0.3, -0.25) is 4.79 Å². The molecule has 0 spiro atoms. The van der Waals surface area contributed by atoms with E-state index in [4.69, 9.17) is 14.0 Å². The highest BCUT2D eigenvalue weighted by Gasteiger charge is 2.30. The van der Waals surface area contributed by atoms with E-state index >= 15 is 0 Å². The molecule has 34 heavy (non-hydrogen) atoms. The molecular formula is C26H34N2O6. The molecule has 1 amide bonds. The first kappa shape index (κ1) is 24.1. The van der Waals surface area contributed by atoms with Crippen molar-refractivity contribution in [1.82, 2.24) is 10.1 Å². The van der Waals surface area contributed by atoms with Crippen molar-refractivity contribution in [2.45, 2.75) is 77.5 Å². The Balaban J connectivity index is 1.37. The van der Waals surface area contributed by atoms with E-state index in [1.807, 2.05) is 31.2 Å². The van der Waals surface area contributed by atoms with Gasteiger partial charge >= 0.3 is 12.1 Å². The van der Waals surface area contributed by atoms with Crippen LogP contribution in [0.1, 0.15) is 63.1 Å². The molecule has 1 heterocycles. The molecule has 3 atom stereocenters. The third kappa shape index (κ3) is 5.37. The first-order chi connectivity index (χ1) is 16.3. The molecule has 1 unspecified atom stereocenters. The lowest BCUT2D eigenvalue weighted by molar-refractivity contribution is -0.143. The maximum atomic E-state index is 12.6. The molecule has 8 heteroatoms. The van der Waals surface area contributed by atoms with Crippen LogP contribution in [0.15, 0.2) is 28.8 Å². The summed E-state index contributed by atoms with van der Waals surface area (Å²) in [4.78, 5) is 25.6. The van der Waals surface area contributed by atoms with Crippen LogP contribution >= 0.6 is 0 Å². The number of aromatic nitrogens is 1. The summed E-state index contributed by atoms with van der Waals surface area (Å²) in [6.07, 6.45) is 6.06. The monoisotopic (exact) mass is 470 g/mol. The van der Waals surface area contributed by atoms with Crippen LogP contribution in [0.3, 0.4) is 0 Å². The van der Waals surface area contributed by atoms with Crippen molar-refractivity contribution in [3.63, 3.8) is 0 Å². The van der Waals surface area contributed by atoms with E-state index in [-0.39, 0.29) is 30.8 Å². The number of carboxylic acids is 1. The number of carbonyl (C=O) groups excluding carboxylic acids is 1. The van der Waals surface area contributed by atoms with E-state index in [2.05, 4.69) is 12.1 Å². The molecule has 2 aliphatic rings. The minimum absolute atomic E-state index is 0.0854. The van der Waals surface area contributed by atoms with Crippen LogP contribution in [0.25, 0.3) is 11.3 Å². The summed E-state index contributed by atoms with van der Waals surface area (Å²) < 4.78 is 17.2. The van der Waals surface area contributed by atoms with Crippen molar-refractivity contribution in [3.8, 4) is 17.1 Å². The maximum absolute atomic E-state index is 12.6. The fourth-order valence-corrected chi connectivity index (χ4v) is 4.78. The second-order valence-corrected chi connectivity index (χ2v) is 9.64. The van der Waals surface area contributed by atoms with Crippen LogP contribution in [0.4, 0.5) is 4.79 Å². The van der Waals surface area contributed by atoms with Crippen LogP contribution < -0.4 is 4.74 Å². The number of carbonyl (C=O) groups is 2. The van der Waals surface area contributed by atoms with Gasteiger partial charge in [0.1, 0.15) is 12.4 Å². The van der Waals surface area contributed by atoms with Gasteiger partial charge in [-0.05, 0) is 82.6 Å². The molecule has 184 valence electrons. The number of amides is 1. The third-order valence-corrected chi connectivity index (χ3v) is 7.45. The van der Waals surface area contributed by atoms with Crippen molar-refractivity contribution in [3.05, 3.63) is 35.5 Å². The fraction of sp³-hybridized carbons (Fsp3) is 0.577. The van der Waals surface area contributed by atoms with Crippen LogP contribution in [0.5, 0.6) is 5.75 Å². The largest absolute Gasteiger partial charge is 0.490 e. The maximum Gasteiger partial charge on any atom is 0.410 e. The molecule has 0 saturated heterocycles. The topological polar surface area (TPSA) is 102 Å². The summed E-state index contributed by atoms with van der Waals surface area (Å²) in [5, 5.41) is 13.4. The molecule has 2 aromatic rings. The highest BCUT2D eigenvalue weighted by atomic mass is 16.6. The summed E-state index contributed by atoms with van der Waals surface area (Å²) in [5.74, 6) is 0.720. The van der Waals surface area contributed by atoms with E-state index in [1.165, 1.54) is 6.42 Å². The van der Waals surface area contributed by atoms with Gasteiger partial charge in [0.05, 0.1) is 23.3 Å². The number of hydrogen-bond donors (Lipinski definition) is 1. The number of ether oxygens (including phenoxy) is 2. The molecule has 2 fully saturated rings. The quantitative estimate of drug-likeness (QED) is 0.549. The summed E-state index contributed by atoms with van der Waals surface area (Å²) >= 11 is 0. The van der Waals surface area contributed by atoms with Crippen LogP contribution in [0.2, 0.25) is 0 Å². The number of rotatable bonds is 8. The zero-order valence-corrected chi connectivity index (χ0v) is 20.2. The van der Waals surface area contributed by atoms with Crippen LogP contribution in [-0.2, 0) is 16.1 Å². The highest BCUT2D eigenvalue weighted by molar-refractivity contribution is 5.70. The van der Waals surface area contributed by atoms with Crippen molar-refractivity contribution < 1.29 is 28.7 Å². The summed E-state index contributed by atoms with van der Waals surface area (Å²) in [7, 11) is 1.79. The predicted octanol–water partition coefficient (Wildman–Crippen LogP) is 5.43. The number of nitrogens with zero attached hydrogens (tertiary/aromatic N) is 2. The Labute approximate surface area is 200 Å². The van der Waals surface area contributed by atoms with Crippen molar-refractivity contribution in [2.75, 3.05) is 7.05 Å². The normalized spacial score (nSPS) is 21.4.